The van der Waals surface area contributed by atoms with Crippen LogP contribution in [0.2, 0.25) is 0 Å². The van der Waals surface area contributed by atoms with Gasteiger partial charge in [-0.2, -0.15) is 0 Å². The van der Waals surface area contributed by atoms with E-state index in [0.29, 0.717) is 28.3 Å². The molecule has 3 amide bonds. The lowest BCUT2D eigenvalue weighted by molar-refractivity contribution is -0.115. The van der Waals surface area contributed by atoms with Gasteiger partial charge in [-0.25, -0.2) is 4.98 Å². The molecular formula is C22H18N4O3. The zero-order valence-corrected chi connectivity index (χ0v) is 15.7. The number of amides is 3. The molecule has 0 fully saturated rings. The number of para-hydroxylation sites is 2. The molecule has 0 spiro atoms. The van der Waals surface area contributed by atoms with E-state index in [9.17, 15) is 14.4 Å². The molecule has 0 radical (unpaired) electrons. The van der Waals surface area contributed by atoms with Gasteiger partial charge in [0.25, 0.3) is 11.8 Å². The fourth-order valence-electron chi connectivity index (χ4n) is 3.13. The Balaban J connectivity index is 1.52. The van der Waals surface area contributed by atoms with Crippen LogP contribution in [-0.4, -0.2) is 29.3 Å². The summed E-state index contributed by atoms with van der Waals surface area (Å²) in [6.07, 6.45) is 0. The van der Waals surface area contributed by atoms with Gasteiger partial charge in [0.2, 0.25) is 5.91 Å². The summed E-state index contributed by atoms with van der Waals surface area (Å²) >= 11 is 0. The van der Waals surface area contributed by atoms with E-state index in [-0.39, 0.29) is 24.3 Å². The van der Waals surface area contributed by atoms with Crippen LogP contribution in [0, 0.1) is 6.92 Å². The zero-order chi connectivity index (χ0) is 20.4. The van der Waals surface area contributed by atoms with Crippen molar-refractivity contribution in [3.05, 3.63) is 83.7 Å². The molecule has 3 aromatic rings. The second kappa shape index (κ2) is 7.55. The first kappa shape index (κ1) is 18.4. The van der Waals surface area contributed by atoms with Crippen molar-refractivity contribution in [2.45, 2.75) is 6.92 Å². The Morgan fingerprint density at radius 2 is 1.76 bits per heavy atom. The third kappa shape index (κ3) is 3.84. The Hall–Kier alpha value is -4.00. The molecule has 2 N–H and O–H groups in total. The number of carbonyl (C=O) groups excluding carboxylic acids is 3. The first-order valence-corrected chi connectivity index (χ1v) is 9.07. The van der Waals surface area contributed by atoms with E-state index in [1.165, 1.54) is 4.90 Å². The first-order chi connectivity index (χ1) is 14.0. The van der Waals surface area contributed by atoms with Crippen LogP contribution in [0.3, 0.4) is 0 Å². The van der Waals surface area contributed by atoms with Crippen molar-refractivity contribution in [1.29, 1.82) is 0 Å². The summed E-state index contributed by atoms with van der Waals surface area (Å²) in [5.74, 6) is -0.855. The van der Waals surface area contributed by atoms with Crippen molar-refractivity contribution in [3.63, 3.8) is 0 Å². The SMILES string of the molecule is Cc1cccc(C(=O)Nc2ccc(C(=O)N3CC(=O)Nc4ccccc43)cc2)n1. The molecule has 1 aliphatic rings. The molecule has 0 bridgehead atoms. The third-order valence-corrected chi connectivity index (χ3v) is 4.53. The number of hydrogen-bond acceptors (Lipinski definition) is 4. The molecule has 4 rings (SSSR count). The number of aryl methyl sites for hydroxylation is 1. The van der Waals surface area contributed by atoms with Gasteiger partial charge in [0.15, 0.2) is 0 Å². The van der Waals surface area contributed by atoms with Gasteiger partial charge in [-0.3, -0.25) is 19.3 Å². The smallest absolute Gasteiger partial charge is 0.274 e. The minimum Gasteiger partial charge on any atom is -0.323 e. The number of nitrogens with one attached hydrogen (secondary N) is 2. The summed E-state index contributed by atoms with van der Waals surface area (Å²) in [6.45, 7) is 1.77. The Morgan fingerprint density at radius 1 is 1.00 bits per heavy atom. The molecule has 0 saturated heterocycles. The maximum atomic E-state index is 12.9. The molecule has 144 valence electrons. The van der Waals surface area contributed by atoms with Crippen molar-refractivity contribution < 1.29 is 14.4 Å². The highest BCUT2D eigenvalue weighted by atomic mass is 16.2. The number of fused-ring (bicyclic) bond motifs is 1. The highest BCUT2D eigenvalue weighted by molar-refractivity contribution is 6.15. The fourth-order valence-corrected chi connectivity index (χ4v) is 3.13. The maximum absolute atomic E-state index is 12.9. The summed E-state index contributed by atoms with van der Waals surface area (Å²) in [4.78, 5) is 42.8. The number of pyridine rings is 1. The minimum atomic E-state index is -0.325. The number of nitrogens with zero attached hydrogens (tertiary/aromatic N) is 2. The maximum Gasteiger partial charge on any atom is 0.274 e. The van der Waals surface area contributed by atoms with E-state index in [1.807, 2.05) is 19.1 Å². The number of hydrogen-bond donors (Lipinski definition) is 2. The van der Waals surface area contributed by atoms with Crippen molar-refractivity contribution in [1.82, 2.24) is 4.98 Å². The largest absolute Gasteiger partial charge is 0.323 e. The van der Waals surface area contributed by atoms with Crippen molar-refractivity contribution in [2.75, 3.05) is 22.1 Å². The Kier molecular flexibility index (Phi) is 4.78. The molecule has 7 nitrogen and oxygen atoms in total. The normalized spacial score (nSPS) is 12.7. The van der Waals surface area contributed by atoms with Crippen molar-refractivity contribution >= 4 is 34.8 Å². The predicted molar refractivity (Wildman–Crippen MR) is 110 cm³/mol. The van der Waals surface area contributed by atoms with Crippen LogP contribution >= 0.6 is 0 Å². The summed E-state index contributed by atoms with van der Waals surface area (Å²) in [5.41, 5.74) is 3.30. The van der Waals surface area contributed by atoms with E-state index >= 15 is 0 Å². The van der Waals surface area contributed by atoms with Crippen LogP contribution in [0.15, 0.2) is 66.7 Å². The average molecular weight is 386 g/mol. The second-order valence-electron chi connectivity index (χ2n) is 6.65. The molecule has 1 aromatic heterocycles. The first-order valence-electron chi connectivity index (χ1n) is 9.07. The van der Waals surface area contributed by atoms with Crippen LogP contribution < -0.4 is 15.5 Å². The predicted octanol–water partition coefficient (Wildman–Crippen LogP) is 3.24. The average Bonchev–Trinajstić information content (AvgIpc) is 2.73. The van der Waals surface area contributed by atoms with E-state index in [2.05, 4.69) is 15.6 Å². The van der Waals surface area contributed by atoms with Crippen molar-refractivity contribution in [3.8, 4) is 0 Å². The topological polar surface area (TPSA) is 91.4 Å². The molecule has 2 aromatic carbocycles. The minimum absolute atomic E-state index is 0.0483. The molecule has 0 saturated carbocycles. The van der Waals surface area contributed by atoms with Gasteiger partial charge in [-0.15, -0.1) is 0 Å². The third-order valence-electron chi connectivity index (χ3n) is 4.53. The van der Waals surface area contributed by atoms with E-state index < -0.39 is 0 Å². The van der Waals surface area contributed by atoms with Crippen LogP contribution in [0.1, 0.15) is 26.5 Å². The van der Waals surface area contributed by atoms with Gasteiger partial charge in [-0.1, -0.05) is 18.2 Å². The lowest BCUT2D eigenvalue weighted by Gasteiger charge is -2.29. The van der Waals surface area contributed by atoms with Crippen molar-refractivity contribution in [2.24, 2.45) is 0 Å². The number of rotatable bonds is 3. The van der Waals surface area contributed by atoms with E-state index in [4.69, 9.17) is 0 Å². The van der Waals surface area contributed by atoms with Gasteiger partial charge < -0.3 is 10.6 Å². The van der Waals surface area contributed by atoms with Gasteiger partial charge in [-0.05, 0) is 55.5 Å². The summed E-state index contributed by atoms with van der Waals surface area (Å²) in [7, 11) is 0. The Labute approximate surface area is 167 Å². The van der Waals surface area contributed by atoms with Crippen LogP contribution in [-0.2, 0) is 4.79 Å². The molecule has 0 unspecified atom stereocenters. The number of carbonyl (C=O) groups is 3. The van der Waals surface area contributed by atoms with Gasteiger partial charge in [0.1, 0.15) is 12.2 Å². The molecular weight excluding hydrogens is 368 g/mol. The molecule has 0 aliphatic carbocycles. The Bertz CT molecular complexity index is 1110. The number of aromatic nitrogens is 1. The zero-order valence-electron chi connectivity index (χ0n) is 15.7. The Morgan fingerprint density at radius 3 is 2.52 bits per heavy atom. The monoisotopic (exact) mass is 386 g/mol. The summed E-state index contributed by atoms with van der Waals surface area (Å²) in [5, 5.41) is 5.52. The molecule has 0 atom stereocenters. The quantitative estimate of drug-likeness (QED) is 0.723. The highest BCUT2D eigenvalue weighted by Gasteiger charge is 2.27. The molecule has 1 aliphatic heterocycles. The number of anilines is 3. The number of benzene rings is 2. The van der Waals surface area contributed by atoms with Crippen LogP contribution in [0.5, 0.6) is 0 Å². The van der Waals surface area contributed by atoms with Crippen LogP contribution in [0.25, 0.3) is 0 Å². The molecule has 2 heterocycles. The fraction of sp³-hybridized carbons (Fsp3) is 0.0909. The second-order valence-corrected chi connectivity index (χ2v) is 6.65. The van der Waals surface area contributed by atoms with E-state index in [0.717, 1.165) is 5.69 Å². The highest BCUT2D eigenvalue weighted by Crippen LogP contribution is 2.30. The lowest BCUT2D eigenvalue weighted by atomic mass is 10.1. The summed E-state index contributed by atoms with van der Waals surface area (Å²) < 4.78 is 0. The van der Waals surface area contributed by atoms with E-state index in [1.54, 1.807) is 54.6 Å². The van der Waals surface area contributed by atoms with Gasteiger partial charge in [0.05, 0.1) is 11.4 Å². The van der Waals surface area contributed by atoms with Crippen LogP contribution in [0.4, 0.5) is 17.1 Å². The lowest BCUT2D eigenvalue weighted by Crippen LogP contribution is -2.42. The van der Waals surface area contributed by atoms with Gasteiger partial charge in [0, 0.05) is 16.9 Å². The summed E-state index contributed by atoms with van der Waals surface area (Å²) in [6, 6.07) is 18.9. The van der Waals surface area contributed by atoms with Gasteiger partial charge >= 0.3 is 0 Å². The standard InChI is InChI=1S/C22H18N4O3/c1-14-5-4-7-18(23-14)21(28)24-16-11-9-15(10-12-16)22(29)26-13-20(27)25-17-6-2-3-8-19(17)26/h2-12H,13H2,1H3,(H,24,28)(H,25,27). The molecule has 29 heavy (non-hydrogen) atoms. The molecule has 7 heteroatoms.